The first-order valence-corrected chi connectivity index (χ1v) is 4.65. The Morgan fingerprint density at radius 2 is 2.27 bits per heavy atom. The smallest absolute Gasteiger partial charge is 0.427 e. The number of hydrogen-bond acceptors (Lipinski definition) is 4. The molecule has 0 bridgehead atoms. The van der Waals surface area contributed by atoms with Gasteiger partial charge >= 0.3 is 6.09 Å². The van der Waals surface area contributed by atoms with Crippen molar-refractivity contribution >= 4 is 24.4 Å². The van der Waals surface area contributed by atoms with Crippen LogP contribution in [0.15, 0.2) is 27.6 Å². The zero-order valence-electron chi connectivity index (χ0n) is 8.18. The van der Waals surface area contributed by atoms with Crippen LogP contribution in [-0.4, -0.2) is 26.9 Å². The molecule has 79 valence electrons. The molecule has 2 N–H and O–H groups in total. The van der Waals surface area contributed by atoms with E-state index in [-0.39, 0.29) is 0 Å². The molecular weight excluding hydrogens is 216 g/mol. The summed E-state index contributed by atoms with van der Waals surface area (Å²) in [6, 6.07) is 0. The van der Waals surface area contributed by atoms with Gasteiger partial charge in [0.15, 0.2) is 5.82 Å². The van der Waals surface area contributed by atoms with E-state index in [1.54, 1.807) is 0 Å². The van der Waals surface area contributed by atoms with Crippen molar-refractivity contribution in [2.75, 3.05) is 0 Å². The monoisotopic (exact) mass is 225 g/mol. The first kappa shape index (κ1) is 9.94. The molecule has 0 unspecified atom stereocenters. The van der Waals surface area contributed by atoms with Crippen molar-refractivity contribution in [2.45, 2.75) is 13.8 Å². The second-order valence-corrected chi connectivity index (χ2v) is 3.59. The molecule has 0 saturated carbocycles. The molecule has 0 aromatic carbocycles. The molecule has 1 radical (unpaired) electrons. The van der Waals surface area contributed by atoms with Crippen LogP contribution in [-0.2, 0) is 0 Å². The van der Waals surface area contributed by atoms with E-state index < -0.39 is 6.09 Å². The van der Waals surface area contributed by atoms with E-state index in [1.165, 1.54) is 11.2 Å². The molecule has 2 heterocycles. The number of nitrogens with one attached hydrogen (secondary N) is 1. The summed E-state index contributed by atoms with van der Waals surface area (Å²) in [5.74, 6) is 0.491. The van der Waals surface area contributed by atoms with Crippen molar-refractivity contribution < 1.29 is 9.90 Å². The highest BCUT2D eigenvalue weighted by molar-refractivity contribution is 7.84. The summed E-state index contributed by atoms with van der Waals surface area (Å²) < 4.78 is 0. The zero-order valence-corrected chi connectivity index (χ0v) is 9.00. The minimum atomic E-state index is -1.11. The maximum Gasteiger partial charge on any atom is 0.427 e. The Morgan fingerprint density at radius 3 is 2.87 bits per heavy atom. The van der Waals surface area contributed by atoms with E-state index in [4.69, 9.17) is 17.7 Å². The summed E-state index contributed by atoms with van der Waals surface area (Å²) >= 11 is 5.17. The Labute approximate surface area is 91.9 Å². The van der Waals surface area contributed by atoms with Crippen LogP contribution in [0.3, 0.4) is 0 Å². The van der Waals surface area contributed by atoms with Crippen LogP contribution in [0.1, 0.15) is 13.8 Å². The van der Waals surface area contributed by atoms with Crippen LogP contribution in [0.25, 0.3) is 0 Å². The van der Waals surface area contributed by atoms with Gasteiger partial charge in [-0.05, 0) is 13.8 Å². The first-order valence-electron chi connectivity index (χ1n) is 4.24. The summed E-state index contributed by atoms with van der Waals surface area (Å²) in [4.78, 5) is 14.9. The first-order chi connectivity index (χ1) is 7.00. The largest absolute Gasteiger partial charge is 0.464 e. The molecule has 0 saturated heterocycles. The Morgan fingerprint density at radius 1 is 1.60 bits per heavy atom. The number of allylic oxidation sites excluding steroid dienone is 1. The van der Waals surface area contributed by atoms with E-state index >= 15 is 0 Å². The van der Waals surface area contributed by atoms with Crippen molar-refractivity contribution in [3.05, 3.63) is 22.6 Å². The molecular formula is C8H9N4O2S. The molecule has 2 rings (SSSR count). The molecule has 2 aliphatic heterocycles. The second-order valence-electron chi connectivity index (χ2n) is 3.20. The number of fused-ring (bicyclic) bond motifs is 1. The maximum absolute atomic E-state index is 10.7. The third-order valence-electron chi connectivity index (χ3n) is 2.24. The minimum absolute atomic E-state index is 0.491. The molecule has 0 aromatic rings. The van der Waals surface area contributed by atoms with E-state index in [2.05, 4.69) is 10.5 Å². The third-order valence-corrected chi connectivity index (χ3v) is 2.73. The number of nitrogens with zero attached hydrogens (tertiary/aromatic N) is 3. The number of carboxylic acid groups (broad SMARTS) is 1. The van der Waals surface area contributed by atoms with Crippen LogP contribution in [0, 0.1) is 0 Å². The normalized spacial score (nSPS) is 20.1. The lowest BCUT2D eigenvalue weighted by Crippen LogP contribution is -2.42. The Bertz CT molecular complexity index is 426. The van der Waals surface area contributed by atoms with Gasteiger partial charge in [-0.25, -0.2) is 14.8 Å². The lowest BCUT2D eigenvalue weighted by molar-refractivity contribution is 0.119. The number of amides is 1. The highest BCUT2D eigenvalue weighted by Crippen LogP contribution is 2.28. The van der Waals surface area contributed by atoms with Crippen molar-refractivity contribution in [1.82, 2.24) is 15.6 Å². The third kappa shape index (κ3) is 1.45. The predicted molar refractivity (Wildman–Crippen MR) is 56.3 cm³/mol. The summed E-state index contributed by atoms with van der Waals surface area (Å²) in [5, 5.41) is 11.7. The number of carbonyl (C=O) groups is 1. The molecule has 0 fully saturated rings. The highest BCUT2D eigenvalue weighted by Gasteiger charge is 2.30. The molecule has 7 heteroatoms. The van der Waals surface area contributed by atoms with Gasteiger partial charge in [-0.3, -0.25) is 0 Å². The molecule has 1 amide bonds. The molecule has 2 aliphatic rings. The summed E-state index contributed by atoms with van der Waals surface area (Å²) in [6.45, 7) is 3.69. The maximum atomic E-state index is 10.7. The van der Waals surface area contributed by atoms with Gasteiger partial charge in [0.25, 0.3) is 0 Å². The van der Waals surface area contributed by atoms with Gasteiger partial charge in [-0.1, -0.05) is 12.6 Å². The molecule has 0 aromatic heterocycles. The van der Waals surface area contributed by atoms with Gasteiger partial charge in [-0.2, -0.15) is 5.01 Å². The molecule has 6 nitrogen and oxygen atoms in total. The lowest BCUT2D eigenvalue weighted by atomic mass is 10.2. The summed E-state index contributed by atoms with van der Waals surface area (Å²) in [5.41, 5.74) is 4.26. The van der Waals surface area contributed by atoms with E-state index in [1.807, 2.05) is 13.8 Å². The van der Waals surface area contributed by atoms with Crippen molar-refractivity contribution in [2.24, 2.45) is 4.99 Å². The zero-order chi connectivity index (χ0) is 11.2. The van der Waals surface area contributed by atoms with Crippen LogP contribution in [0.5, 0.6) is 0 Å². The topological polar surface area (TPSA) is 68.2 Å². The quantitative estimate of drug-likeness (QED) is 0.654. The van der Waals surface area contributed by atoms with Gasteiger partial charge < -0.3 is 5.11 Å². The number of hydrogen-bond donors (Lipinski definition) is 2. The molecule has 15 heavy (non-hydrogen) atoms. The fraction of sp³-hybridized carbons (Fsp3) is 0.250. The summed E-state index contributed by atoms with van der Waals surface area (Å²) in [6.07, 6.45) is 0.273. The molecule has 0 spiro atoms. The molecule has 0 aliphatic carbocycles. The standard InChI is InChI=1S/C8H9N4O2S/c1-4-5(2)9-6-3-11(8(13)14)10-12(6)7(4)15/h3,10H,1-2H3,(H,13,14). The number of hydrazine groups is 2. The molecule has 0 atom stereocenters. The van der Waals surface area contributed by atoms with Gasteiger partial charge in [0.05, 0.1) is 6.20 Å². The van der Waals surface area contributed by atoms with Crippen LogP contribution >= 0.6 is 12.6 Å². The number of rotatable bonds is 0. The minimum Gasteiger partial charge on any atom is -0.464 e. The van der Waals surface area contributed by atoms with Gasteiger partial charge in [0, 0.05) is 11.3 Å². The average Bonchev–Trinajstić information content (AvgIpc) is 2.58. The van der Waals surface area contributed by atoms with Crippen LogP contribution in [0.2, 0.25) is 0 Å². The van der Waals surface area contributed by atoms with E-state index in [0.29, 0.717) is 10.9 Å². The fourth-order valence-corrected chi connectivity index (χ4v) is 1.55. The van der Waals surface area contributed by atoms with Crippen molar-refractivity contribution in [1.29, 1.82) is 0 Å². The van der Waals surface area contributed by atoms with Crippen LogP contribution in [0.4, 0.5) is 4.79 Å². The summed E-state index contributed by atoms with van der Waals surface area (Å²) in [7, 11) is 0. The Kier molecular flexibility index (Phi) is 2.13. The predicted octanol–water partition coefficient (Wildman–Crippen LogP) is 1.40. The lowest BCUT2D eigenvalue weighted by Gasteiger charge is -2.25. The Balaban J connectivity index is 2.38. The second kappa shape index (κ2) is 3.21. The van der Waals surface area contributed by atoms with Crippen LogP contribution < -0.4 is 5.53 Å². The van der Waals surface area contributed by atoms with Crippen molar-refractivity contribution in [3.63, 3.8) is 0 Å². The highest BCUT2D eigenvalue weighted by atomic mass is 32.1. The Hall–Kier alpha value is -1.60. The van der Waals surface area contributed by atoms with E-state index in [9.17, 15) is 4.79 Å². The van der Waals surface area contributed by atoms with Gasteiger partial charge in [-0.15, -0.1) is 5.53 Å². The number of aliphatic imine (C=N–C) groups is 1. The van der Waals surface area contributed by atoms with Crippen molar-refractivity contribution in [3.8, 4) is 0 Å². The fourth-order valence-electron chi connectivity index (χ4n) is 1.27. The van der Waals surface area contributed by atoms with Gasteiger partial charge in [0.2, 0.25) is 0 Å². The average molecular weight is 225 g/mol. The van der Waals surface area contributed by atoms with E-state index in [0.717, 1.165) is 16.3 Å². The SMILES string of the molecule is CC1=NC2=CN(C(=O)O)NN2C([S])=C1C. The van der Waals surface area contributed by atoms with Gasteiger partial charge in [0.1, 0.15) is 5.03 Å².